The summed E-state index contributed by atoms with van der Waals surface area (Å²) < 4.78 is 30.4. The van der Waals surface area contributed by atoms with Crippen LogP contribution in [0.15, 0.2) is 96.1 Å². The highest BCUT2D eigenvalue weighted by molar-refractivity contribution is 5.96. The van der Waals surface area contributed by atoms with Gasteiger partial charge in [-0.2, -0.15) is 0 Å². The molecule has 2 saturated carbocycles. The number of nitrogens with one attached hydrogen (secondary N) is 1. The van der Waals surface area contributed by atoms with Gasteiger partial charge < -0.3 is 44.3 Å². The zero-order chi connectivity index (χ0) is 45.8. The number of fused-ring (bicyclic) bond motifs is 5. The Morgan fingerprint density at radius 2 is 1.43 bits per heavy atom. The summed E-state index contributed by atoms with van der Waals surface area (Å²) in [6.07, 6.45) is -10.5. The summed E-state index contributed by atoms with van der Waals surface area (Å²) in [6, 6.07) is 21.5. The normalized spacial score (nSPS) is 31.6. The summed E-state index contributed by atoms with van der Waals surface area (Å²) in [7, 11) is 0. The second kappa shape index (κ2) is 16.8. The van der Waals surface area contributed by atoms with E-state index in [1.54, 1.807) is 93.6 Å². The molecular formula is C48H53NO14. The monoisotopic (exact) mass is 867 g/mol. The van der Waals surface area contributed by atoms with Crippen LogP contribution in [0.4, 0.5) is 0 Å². The van der Waals surface area contributed by atoms with Gasteiger partial charge in [-0.15, -0.1) is 0 Å². The van der Waals surface area contributed by atoms with Gasteiger partial charge in [0.05, 0.1) is 35.6 Å². The number of ether oxygens (including phenoxy) is 5. The first-order valence-corrected chi connectivity index (χ1v) is 20.9. The van der Waals surface area contributed by atoms with Crippen LogP contribution in [0.3, 0.4) is 0 Å². The average Bonchev–Trinajstić information content (AvgIpc) is 3.24. The summed E-state index contributed by atoms with van der Waals surface area (Å²) in [5, 5.41) is 40.5. The van der Waals surface area contributed by atoms with Crippen LogP contribution in [-0.2, 0) is 42.9 Å². The molecule has 3 aliphatic carbocycles. The highest BCUT2D eigenvalue weighted by Gasteiger charge is 2.78. The van der Waals surface area contributed by atoms with E-state index in [1.807, 2.05) is 0 Å². The molecular weight excluding hydrogens is 815 g/mol. The molecule has 3 fully saturated rings. The number of aryl methyl sites for hydroxylation is 1. The third kappa shape index (κ3) is 7.54. The van der Waals surface area contributed by atoms with Crippen molar-refractivity contribution in [1.29, 1.82) is 0 Å². The topological polar surface area (TPSA) is 221 Å². The van der Waals surface area contributed by atoms with Crippen LogP contribution in [-0.4, -0.2) is 105 Å². The Bertz CT molecular complexity index is 2350. The lowest BCUT2D eigenvalue weighted by molar-refractivity contribution is -0.346. The van der Waals surface area contributed by atoms with Crippen LogP contribution >= 0.6 is 0 Å². The summed E-state index contributed by atoms with van der Waals surface area (Å²) >= 11 is 0. The first-order valence-electron chi connectivity index (χ1n) is 20.9. The van der Waals surface area contributed by atoms with E-state index in [0.29, 0.717) is 11.1 Å². The summed E-state index contributed by atoms with van der Waals surface area (Å²) in [5.74, 6) is -6.83. The number of amides is 1. The number of Topliss-reactive ketones (excluding diaryl/α,β-unsaturated/α-hetero) is 1. The van der Waals surface area contributed by atoms with Crippen LogP contribution in [0.5, 0.6) is 0 Å². The highest BCUT2D eigenvalue weighted by Crippen LogP contribution is 2.64. The van der Waals surface area contributed by atoms with Gasteiger partial charge in [0.2, 0.25) is 0 Å². The lowest BCUT2D eigenvalue weighted by Gasteiger charge is -2.67. The molecule has 15 heteroatoms. The minimum Gasteiger partial charge on any atom is -0.456 e. The minimum absolute atomic E-state index is 0.00210. The summed E-state index contributed by atoms with van der Waals surface area (Å²) in [4.78, 5) is 83.8. The fourth-order valence-electron chi connectivity index (χ4n) is 10.4. The predicted octanol–water partition coefficient (Wildman–Crippen LogP) is 4.04. The second-order valence-electron chi connectivity index (χ2n) is 17.8. The summed E-state index contributed by atoms with van der Waals surface area (Å²) in [6.45, 7) is 9.73. The quantitative estimate of drug-likeness (QED) is 0.128. The van der Waals surface area contributed by atoms with Crippen molar-refractivity contribution in [2.75, 3.05) is 6.61 Å². The van der Waals surface area contributed by atoms with E-state index in [-0.39, 0.29) is 35.3 Å². The van der Waals surface area contributed by atoms with E-state index < -0.39 is 113 Å². The number of aliphatic hydroxyl groups is 3. The average molecular weight is 868 g/mol. The van der Waals surface area contributed by atoms with E-state index in [1.165, 1.54) is 26.0 Å². The molecule has 63 heavy (non-hydrogen) atoms. The molecule has 11 atom stereocenters. The zero-order valence-corrected chi connectivity index (χ0v) is 36.2. The lowest BCUT2D eigenvalue weighted by Crippen LogP contribution is -2.82. The molecule has 1 aliphatic heterocycles. The maximum absolute atomic E-state index is 15.5. The minimum atomic E-state index is -2.39. The molecule has 3 aromatic rings. The molecule has 334 valence electrons. The largest absolute Gasteiger partial charge is 0.456 e. The van der Waals surface area contributed by atoms with Gasteiger partial charge >= 0.3 is 23.9 Å². The molecule has 0 spiro atoms. The number of carbonyl (C=O) groups excluding carboxylic acids is 6. The molecule has 4 N–H and O–H groups in total. The van der Waals surface area contributed by atoms with Crippen LogP contribution in [0.1, 0.15) is 92.3 Å². The Hall–Kier alpha value is -5.74. The van der Waals surface area contributed by atoms with Gasteiger partial charge in [0, 0.05) is 37.7 Å². The molecule has 1 amide bonds. The number of aliphatic hydroxyl groups excluding tert-OH is 2. The van der Waals surface area contributed by atoms with Crippen molar-refractivity contribution in [1.82, 2.24) is 5.32 Å². The van der Waals surface area contributed by atoms with Crippen molar-refractivity contribution >= 4 is 35.6 Å². The van der Waals surface area contributed by atoms with Gasteiger partial charge in [-0.1, -0.05) is 74.5 Å². The summed E-state index contributed by atoms with van der Waals surface area (Å²) in [5.41, 5.74) is -6.34. The van der Waals surface area contributed by atoms with E-state index in [9.17, 15) is 39.3 Å². The number of rotatable bonds is 10. The number of hydrogen-bond acceptors (Lipinski definition) is 14. The van der Waals surface area contributed by atoms with Crippen molar-refractivity contribution in [2.24, 2.45) is 16.7 Å². The van der Waals surface area contributed by atoms with Crippen molar-refractivity contribution in [3.8, 4) is 0 Å². The van der Waals surface area contributed by atoms with Gasteiger partial charge in [-0.3, -0.25) is 19.2 Å². The first-order chi connectivity index (χ1) is 29.7. The van der Waals surface area contributed by atoms with Crippen molar-refractivity contribution in [3.05, 3.63) is 118 Å². The molecule has 7 rings (SSSR count). The zero-order valence-electron chi connectivity index (χ0n) is 36.2. The molecule has 0 radical (unpaired) electrons. The number of esters is 4. The van der Waals surface area contributed by atoms with Crippen molar-refractivity contribution < 1.29 is 67.8 Å². The Balaban J connectivity index is 1.39. The van der Waals surface area contributed by atoms with Crippen LogP contribution in [0.25, 0.3) is 0 Å². The molecule has 0 aromatic heterocycles. The number of hydrogen-bond donors (Lipinski definition) is 4. The van der Waals surface area contributed by atoms with Gasteiger partial charge in [0.15, 0.2) is 23.6 Å². The smallest absolute Gasteiger partial charge is 0.338 e. The Morgan fingerprint density at radius 3 is 2.00 bits per heavy atom. The van der Waals surface area contributed by atoms with E-state index in [4.69, 9.17) is 23.7 Å². The van der Waals surface area contributed by atoms with Gasteiger partial charge in [-0.05, 0) is 67.3 Å². The van der Waals surface area contributed by atoms with Gasteiger partial charge in [-0.25, -0.2) is 9.59 Å². The van der Waals surface area contributed by atoms with Crippen LogP contribution in [0.2, 0.25) is 0 Å². The molecule has 3 aromatic carbocycles. The molecule has 0 unspecified atom stereocenters. The van der Waals surface area contributed by atoms with Gasteiger partial charge in [0.25, 0.3) is 5.91 Å². The number of ketones is 1. The van der Waals surface area contributed by atoms with Crippen LogP contribution in [0, 0.1) is 23.7 Å². The molecule has 15 nitrogen and oxygen atoms in total. The fourth-order valence-corrected chi connectivity index (χ4v) is 10.4. The van der Waals surface area contributed by atoms with Crippen LogP contribution < -0.4 is 5.32 Å². The number of benzene rings is 3. The second-order valence-corrected chi connectivity index (χ2v) is 17.8. The van der Waals surface area contributed by atoms with Crippen molar-refractivity contribution in [2.45, 2.75) is 115 Å². The molecule has 1 saturated heterocycles. The molecule has 4 aliphatic rings. The Labute approximate surface area is 364 Å². The maximum Gasteiger partial charge on any atom is 0.338 e. The molecule has 2 bridgehead atoms. The predicted molar refractivity (Wildman–Crippen MR) is 222 cm³/mol. The molecule has 1 heterocycles. The maximum atomic E-state index is 15.5. The standard InChI is InChI=1S/C48H53NO14/c1-25-16-14-15-21-31(25)36(49-42(55)29-17-10-8-11-18-29)37(53)44(57)61-32-23-48(58)41(62-43(56)30-19-12-9-13-20-30)39-46(7,33(52)22-34-47(39,24-59-34)63-28(4)51)40(54)38(60-27(3)50)35(26(32)2)45(48,5)6/h8-21,32-34,36-39,41,52-53,58H,22-24H2,1-7H3,(H,49,55)/t32-,33-,34+,36+,37+,38+,39-,41-,46+,47-,48+/m0/s1. The van der Waals surface area contributed by atoms with E-state index in [2.05, 4.69) is 5.32 Å². The van der Waals surface area contributed by atoms with E-state index in [0.717, 1.165) is 13.8 Å². The first kappa shape index (κ1) is 45.3. The third-order valence-electron chi connectivity index (χ3n) is 13.8. The van der Waals surface area contributed by atoms with E-state index >= 15 is 4.79 Å². The van der Waals surface area contributed by atoms with Gasteiger partial charge in [0.1, 0.15) is 23.9 Å². The third-order valence-corrected chi connectivity index (χ3v) is 13.8. The highest BCUT2D eigenvalue weighted by atomic mass is 16.6. The Kier molecular flexibility index (Phi) is 12.0. The fraction of sp³-hybridized carbons (Fsp3) is 0.458. The van der Waals surface area contributed by atoms with Crippen molar-refractivity contribution in [3.63, 3.8) is 0 Å². The SMILES string of the molecule is CC(=O)O[C@H]1C(=O)[C@@]2(C)[C@H]([C@H](OC(=O)c3ccccc3)[C@]3(O)C[C@H](OC(=O)[C@H](O)[C@H](NC(=O)c4ccccc4)c4ccccc4C)C(C)=C1C3(C)C)[C@]1(OC(C)=O)CO[C@@H]1C[C@@H]2O. The number of carbonyl (C=O) groups is 6. The Morgan fingerprint density at radius 1 is 0.825 bits per heavy atom. The lowest BCUT2D eigenvalue weighted by atomic mass is 9.44.